The van der Waals surface area contributed by atoms with Crippen molar-refractivity contribution >= 4 is 12.6 Å². The Morgan fingerprint density at radius 2 is 1.79 bits per heavy atom. The first kappa shape index (κ1) is 9.50. The average molecular weight is 188 g/mol. The van der Waals surface area contributed by atoms with Gasteiger partial charge in [0.1, 0.15) is 0 Å². The zero-order chi connectivity index (χ0) is 9.80. The van der Waals surface area contributed by atoms with Crippen LogP contribution in [0.2, 0.25) is 0 Å². The van der Waals surface area contributed by atoms with Gasteiger partial charge < -0.3 is 9.31 Å². The first-order valence-corrected chi connectivity index (χ1v) is 4.85. The van der Waals surface area contributed by atoms with Crippen molar-refractivity contribution in [3.05, 3.63) is 42.5 Å². The summed E-state index contributed by atoms with van der Waals surface area (Å²) in [7, 11) is -0.258. The van der Waals surface area contributed by atoms with Crippen molar-refractivity contribution in [3.63, 3.8) is 0 Å². The molecule has 0 atom stereocenters. The molecule has 72 valence electrons. The highest BCUT2D eigenvalue weighted by Crippen LogP contribution is 2.18. The highest BCUT2D eigenvalue weighted by Gasteiger charge is 2.25. The molecule has 0 radical (unpaired) electrons. The molecule has 2 nitrogen and oxygen atoms in total. The maximum Gasteiger partial charge on any atom is 0.493 e. The molecule has 1 aromatic carbocycles. The molecular formula is C11H13BO2. The fourth-order valence-corrected chi connectivity index (χ4v) is 1.48. The van der Waals surface area contributed by atoms with Crippen LogP contribution in [0.4, 0.5) is 0 Å². The largest absolute Gasteiger partial charge is 0.493 e. The maximum atomic E-state index is 5.47. The van der Waals surface area contributed by atoms with Crippen LogP contribution >= 0.6 is 0 Å². The van der Waals surface area contributed by atoms with E-state index in [2.05, 4.69) is 6.58 Å². The second kappa shape index (κ2) is 4.44. The van der Waals surface area contributed by atoms with Crippen LogP contribution < -0.4 is 0 Å². The van der Waals surface area contributed by atoms with E-state index in [0.717, 1.165) is 30.7 Å². The minimum atomic E-state index is -0.258. The van der Waals surface area contributed by atoms with Gasteiger partial charge in [-0.2, -0.15) is 0 Å². The Kier molecular flexibility index (Phi) is 3.01. The van der Waals surface area contributed by atoms with Crippen molar-refractivity contribution in [2.24, 2.45) is 0 Å². The Morgan fingerprint density at radius 3 is 2.43 bits per heavy atom. The summed E-state index contributed by atoms with van der Waals surface area (Å²) in [6.07, 6.45) is 0.971. The van der Waals surface area contributed by atoms with E-state index >= 15 is 0 Å². The van der Waals surface area contributed by atoms with E-state index in [4.69, 9.17) is 9.31 Å². The predicted octanol–water partition coefficient (Wildman–Crippen LogP) is 2.16. The molecule has 0 bridgehead atoms. The third-order valence-corrected chi connectivity index (χ3v) is 2.26. The molecule has 2 rings (SSSR count). The third-order valence-electron chi connectivity index (χ3n) is 2.26. The van der Waals surface area contributed by atoms with Gasteiger partial charge in [-0.3, -0.25) is 0 Å². The molecule has 1 saturated heterocycles. The summed E-state index contributed by atoms with van der Waals surface area (Å²) >= 11 is 0. The summed E-state index contributed by atoms with van der Waals surface area (Å²) in [4.78, 5) is 0. The van der Waals surface area contributed by atoms with Crippen LogP contribution in [-0.2, 0) is 9.31 Å². The fraction of sp³-hybridized carbons (Fsp3) is 0.273. The third kappa shape index (κ3) is 2.06. The van der Waals surface area contributed by atoms with Gasteiger partial charge in [0.2, 0.25) is 0 Å². The molecule has 0 saturated carbocycles. The van der Waals surface area contributed by atoms with Crippen molar-refractivity contribution < 1.29 is 9.31 Å². The zero-order valence-electron chi connectivity index (χ0n) is 8.11. The van der Waals surface area contributed by atoms with Crippen LogP contribution in [0.15, 0.2) is 36.9 Å². The van der Waals surface area contributed by atoms with Gasteiger partial charge in [-0.15, -0.1) is 0 Å². The van der Waals surface area contributed by atoms with Gasteiger partial charge in [-0.1, -0.05) is 36.9 Å². The first-order chi connectivity index (χ1) is 6.88. The lowest BCUT2D eigenvalue weighted by molar-refractivity contribution is 0.144. The molecule has 0 amide bonds. The van der Waals surface area contributed by atoms with Gasteiger partial charge in [0.15, 0.2) is 0 Å². The van der Waals surface area contributed by atoms with Crippen LogP contribution in [0.1, 0.15) is 12.0 Å². The molecule has 1 fully saturated rings. The lowest BCUT2D eigenvalue weighted by Gasteiger charge is -2.21. The summed E-state index contributed by atoms with van der Waals surface area (Å²) in [6, 6.07) is 10.00. The van der Waals surface area contributed by atoms with E-state index in [1.165, 1.54) is 0 Å². The quantitative estimate of drug-likeness (QED) is 0.662. The molecular weight excluding hydrogens is 175 g/mol. The van der Waals surface area contributed by atoms with E-state index in [0.29, 0.717) is 0 Å². The van der Waals surface area contributed by atoms with Crippen molar-refractivity contribution in [2.75, 3.05) is 13.2 Å². The van der Waals surface area contributed by atoms with Gasteiger partial charge in [0.05, 0.1) is 0 Å². The molecule has 0 aliphatic carbocycles. The fourth-order valence-electron chi connectivity index (χ4n) is 1.48. The summed E-state index contributed by atoms with van der Waals surface area (Å²) in [5, 5.41) is 0. The van der Waals surface area contributed by atoms with Crippen molar-refractivity contribution in [1.82, 2.24) is 0 Å². The van der Waals surface area contributed by atoms with Crippen LogP contribution in [-0.4, -0.2) is 20.3 Å². The Hall–Kier alpha value is -1.06. The van der Waals surface area contributed by atoms with E-state index < -0.39 is 0 Å². The molecule has 0 aromatic heterocycles. The molecule has 0 unspecified atom stereocenters. The number of hydrogen-bond acceptors (Lipinski definition) is 2. The number of hydrogen-bond donors (Lipinski definition) is 0. The maximum absolute atomic E-state index is 5.47. The lowest BCUT2D eigenvalue weighted by atomic mass is 9.74. The van der Waals surface area contributed by atoms with Crippen LogP contribution in [0.25, 0.3) is 5.47 Å². The molecule has 1 heterocycles. The summed E-state index contributed by atoms with van der Waals surface area (Å²) in [6.45, 7) is 5.52. The van der Waals surface area contributed by atoms with Crippen molar-refractivity contribution in [1.29, 1.82) is 0 Å². The summed E-state index contributed by atoms with van der Waals surface area (Å²) in [5.74, 6) is 0. The zero-order valence-corrected chi connectivity index (χ0v) is 8.11. The molecule has 14 heavy (non-hydrogen) atoms. The van der Waals surface area contributed by atoms with Crippen LogP contribution in [0.3, 0.4) is 0 Å². The normalized spacial score (nSPS) is 16.7. The number of rotatable bonds is 2. The highest BCUT2D eigenvalue weighted by atomic mass is 16.6. The second-order valence-electron chi connectivity index (χ2n) is 3.32. The molecule has 1 aliphatic heterocycles. The Morgan fingerprint density at radius 1 is 1.14 bits per heavy atom. The Labute approximate surface area is 84.7 Å². The van der Waals surface area contributed by atoms with Gasteiger partial charge in [0, 0.05) is 13.2 Å². The monoisotopic (exact) mass is 188 g/mol. The first-order valence-electron chi connectivity index (χ1n) is 4.85. The Bertz CT molecular complexity index is 304. The Balaban J connectivity index is 2.07. The van der Waals surface area contributed by atoms with Gasteiger partial charge in [-0.25, -0.2) is 0 Å². The van der Waals surface area contributed by atoms with Crippen LogP contribution in [0, 0.1) is 0 Å². The van der Waals surface area contributed by atoms with Gasteiger partial charge in [-0.05, 0) is 17.5 Å². The average Bonchev–Trinajstić information content (AvgIpc) is 2.30. The van der Waals surface area contributed by atoms with E-state index in [-0.39, 0.29) is 7.12 Å². The standard InChI is InChI=1S/C11H13BO2/c1-10(11-6-3-2-4-7-11)12-13-8-5-9-14-12/h2-4,6-7H,1,5,8-9H2. The van der Waals surface area contributed by atoms with Gasteiger partial charge in [0.25, 0.3) is 0 Å². The smallest absolute Gasteiger partial charge is 0.407 e. The highest BCUT2D eigenvalue weighted by molar-refractivity contribution is 6.68. The number of benzene rings is 1. The molecule has 1 aromatic rings. The van der Waals surface area contributed by atoms with Gasteiger partial charge >= 0.3 is 7.12 Å². The summed E-state index contributed by atoms with van der Waals surface area (Å²) in [5.41, 5.74) is 1.99. The van der Waals surface area contributed by atoms with Crippen molar-refractivity contribution in [3.8, 4) is 0 Å². The van der Waals surface area contributed by atoms with E-state index in [9.17, 15) is 0 Å². The van der Waals surface area contributed by atoms with E-state index in [1.54, 1.807) is 0 Å². The molecule has 0 N–H and O–H groups in total. The van der Waals surface area contributed by atoms with Crippen molar-refractivity contribution in [2.45, 2.75) is 6.42 Å². The topological polar surface area (TPSA) is 18.5 Å². The minimum Gasteiger partial charge on any atom is -0.407 e. The second-order valence-corrected chi connectivity index (χ2v) is 3.32. The lowest BCUT2D eigenvalue weighted by Crippen LogP contribution is -2.30. The van der Waals surface area contributed by atoms with E-state index in [1.807, 2.05) is 30.3 Å². The molecule has 0 spiro atoms. The minimum absolute atomic E-state index is 0.258. The van der Waals surface area contributed by atoms with Crippen LogP contribution in [0.5, 0.6) is 0 Å². The predicted molar refractivity (Wildman–Crippen MR) is 57.8 cm³/mol. The summed E-state index contributed by atoms with van der Waals surface area (Å²) < 4.78 is 10.9. The molecule has 1 aliphatic rings. The SMILES string of the molecule is C=C(B1OCCCO1)c1ccccc1. The molecule has 3 heteroatoms.